The number of carbonyl (C=O) groups is 3. The Morgan fingerprint density at radius 2 is 0.550 bits per heavy atom. The minimum atomic E-state index is -0.761. The Morgan fingerprint density at radius 1 is 0.317 bits per heavy atom. The maximum Gasteiger partial charge on any atom is 0.306 e. The molecule has 0 rings (SSSR count). The summed E-state index contributed by atoms with van der Waals surface area (Å²) in [7, 11) is 0. The van der Waals surface area contributed by atoms with Gasteiger partial charge in [-0.3, -0.25) is 14.4 Å². The van der Waals surface area contributed by atoms with Crippen molar-refractivity contribution >= 4 is 17.9 Å². The molecule has 0 aromatic heterocycles. The number of hydrogen-bond donors (Lipinski definition) is 0. The molecule has 0 aromatic carbocycles. The molecule has 0 aromatic rings. The van der Waals surface area contributed by atoms with Gasteiger partial charge in [0.15, 0.2) is 6.10 Å². The van der Waals surface area contributed by atoms with E-state index in [9.17, 15) is 14.4 Å². The quantitative estimate of drug-likeness (QED) is 0.0345. The van der Waals surface area contributed by atoms with Gasteiger partial charge in [-0.15, -0.1) is 0 Å². The van der Waals surface area contributed by atoms with Crippen LogP contribution < -0.4 is 0 Å². The monoisotopic (exact) mass is 849 g/mol. The van der Waals surface area contributed by atoms with E-state index in [2.05, 4.69) is 27.7 Å². The molecule has 0 amide bonds. The summed E-state index contributed by atoms with van der Waals surface area (Å²) in [6.07, 6.45) is 51.0. The molecule has 0 radical (unpaired) electrons. The van der Waals surface area contributed by atoms with Gasteiger partial charge >= 0.3 is 17.9 Å². The van der Waals surface area contributed by atoms with Gasteiger partial charge < -0.3 is 14.2 Å². The van der Waals surface area contributed by atoms with Crippen LogP contribution in [0.2, 0.25) is 0 Å². The van der Waals surface area contributed by atoms with Crippen molar-refractivity contribution in [2.75, 3.05) is 13.2 Å². The average Bonchev–Trinajstić information content (AvgIpc) is 3.23. The topological polar surface area (TPSA) is 78.9 Å². The van der Waals surface area contributed by atoms with Gasteiger partial charge in [-0.25, -0.2) is 0 Å². The highest BCUT2D eigenvalue weighted by atomic mass is 16.6. The third-order valence-corrected chi connectivity index (χ3v) is 12.3. The maximum absolute atomic E-state index is 12.8. The Bertz CT molecular complexity index is 903. The van der Waals surface area contributed by atoms with Crippen molar-refractivity contribution < 1.29 is 28.6 Å². The van der Waals surface area contributed by atoms with Gasteiger partial charge in [0.1, 0.15) is 13.2 Å². The van der Waals surface area contributed by atoms with Crippen LogP contribution in [0.3, 0.4) is 0 Å². The first-order valence-electron chi connectivity index (χ1n) is 26.9. The lowest BCUT2D eigenvalue weighted by atomic mass is 10.0. The van der Waals surface area contributed by atoms with E-state index in [0.717, 1.165) is 63.7 Å². The minimum absolute atomic E-state index is 0.0629. The largest absolute Gasteiger partial charge is 0.462 e. The summed E-state index contributed by atoms with van der Waals surface area (Å²) in [6, 6.07) is 0. The molecule has 0 aliphatic rings. The van der Waals surface area contributed by atoms with E-state index >= 15 is 0 Å². The summed E-state index contributed by atoms with van der Waals surface area (Å²) >= 11 is 0. The molecule has 0 spiro atoms. The van der Waals surface area contributed by atoms with E-state index in [-0.39, 0.29) is 31.1 Å². The summed E-state index contributed by atoms with van der Waals surface area (Å²) in [5.41, 5.74) is 0. The zero-order valence-electron chi connectivity index (χ0n) is 40.9. The molecule has 0 saturated heterocycles. The Hall–Kier alpha value is -1.59. The van der Waals surface area contributed by atoms with E-state index in [0.29, 0.717) is 19.3 Å². The first-order chi connectivity index (χ1) is 29.4. The van der Waals surface area contributed by atoms with Gasteiger partial charge in [-0.2, -0.15) is 0 Å². The van der Waals surface area contributed by atoms with Crippen molar-refractivity contribution in [3.63, 3.8) is 0 Å². The van der Waals surface area contributed by atoms with Crippen LogP contribution in [0.1, 0.15) is 304 Å². The second-order valence-electron chi connectivity index (χ2n) is 19.0. The highest BCUT2D eigenvalue weighted by molar-refractivity contribution is 5.71. The van der Waals surface area contributed by atoms with Gasteiger partial charge in [0.25, 0.3) is 0 Å². The molecule has 0 unspecified atom stereocenters. The van der Waals surface area contributed by atoms with Crippen molar-refractivity contribution in [3.05, 3.63) is 0 Å². The molecule has 0 bridgehead atoms. The van der Waals surface area contributed by atoms with Crippen molar-refractivity contribution in [1.29, 1.82) is 0 Å². The molecule has 0 N–H and O–H groups in total. The fraction of sp³-hybridized carbons (Fsp3) is 0.944. The number of rotatable bonds is 49. The third kappa shape index (κ3) is 47.5. The number of hydrogen-bond acceptors (Lipinski definition) is 6. The molecule has 6 heteroatoms. The van der Waals surface area contributed by atoms with Crippen molar-refractivity contribution in [2.24, 2.45) is 5.92 Å². The predicted molar refractivity (Wildman–Crippen MR) is 257 cm³/mol. The smallest absolute Gasteiger partial charge is 0.306 e. The van der Waals surface area contributed by atoms with E-state index in [1.54, 1.807) is 0 Å². The third-order valence-electron chi connectivity index (χ3n) is 12.3. The molecule has 356 valence electrons. The van der Waals surface area contributed by atoms with Gasteiger partial charge in [0.05, 0.1) is 0 Å². The Labute approximate surface area is 374 Å². The molecule has 6 nitrogen and oxygen atoms in total. The molecule has 0 heterocycles. The van der Waals surface area contributed by atoms with Crippen LogP contribution in [0.5, 0.6) is 0 Å². The number of carbonyl (C=O) groups excluding carboxylic acids is 3. The van der Waals surface area contributed by atoms with Gasteiger partial charge in [0.2, 0.25) is 0 Å². The second-order valence-corrected chi connectivity index (χ2v) is 19.0. The molecule has 0 fully saturated rings. The maximum atomic E-state index is 12.8. The van der Waals surface area contributed by atoms with E-state index in [1.807, 2.05) is 0 Å². The molecule has 60 heavy (non-hydrogen) atoms. The van der Waals surface area contributed by atoms with E-state index in [1.165, 1.54) is 199 Å². The summed E-state index contributed by atoms with van der Waals surface area (Å²) in [5.74, 6) is -0.0483. The Kier molecular flexibility index (Phi) is 47.2. The Balaban J connectivity index is 4.23. The predicted octanol–water partition coefficient (Wildman–Crippen LogP) is 17.5. The van der Waals surface area contributed by atoms with Crippen LogP contribution in [-0.4, -0.2) is 37.2 Å². The van der Waals surface area contributed by atoms with Gasteiger partial charge in [0, 0.05) is 19.3 Å². The number of ether oxygens (including phenoxy) is 3. The van der Waals surface area contributed by atoms with Crippen LogP contribution in [0.25, 0.3) is 0 Å². The summed E-state index contributed by atoms with van der Waals surface area (Å²) in [6.45, 7) is 9.00. The molecular formula is C54H104O6. The first kappa shape index (κ1) is 58.4. The highest BCUT2D eigenvalue weighted by Gasteiger charge is 2.19. The molecular weight excluding hydrogens is 745 g/mol. The standard InChI is InChI=1S/C54H104O6/c1-5-7-9-11-13-15-17-19-20-21-22-23-24-25-27-28-33-37-41-45-52(55)58-48-51(49-59-53(56)46-42-38-34-31-30-32-36-40-44-50(3)4)60-54(57)47-43-39-35-29-26-18-16-14-12-10-8-6-2/h50-51H,5-49H2,1-4H3/t51-/m0/s1. The fourth-order valence-electron chi connectivity index (χ4n) is 8.22. The van der Waals surface area contributed by atoms with Crippen molar-refractivity contribution in [1.82, 2.24) is 0 Å². The fourth-order valence-corrected chi connectivity index (χ4v) is 8.22. The zero-order chi connectivity index (χ0) is 43.8. The van der Waals surface area contributed by atoms with Gasteiger partial charge in [-0.05, 0) is 25.2 Å². The van der Waals surface area contributed by atoms with Crippen LogP contribution >= 0.6 is 0 Å². The van der Waals surface area contributed by atoms with Crippen LogP contribution in [-0.2, 0) is 28.6 Å². The molecule has 0 aliphatic heterocycles. The van der Waals surface area contributed by atoms with Gasteiger partial charge in [-0.1, -0.05) is 265 Å². The summed E-state index contributed by atoms with van der Waals surface area (Å²) in [5, 5.41) is 0. The Morgan fingerprint density at radius 3 is 0.817 bits per heavy atom. The van der Waals surface area contributed by atoms with Crippen LogP contribution in [0, 0.1) is 5.92 Å². The minimum Gasteiger partial charge on any atom is -0.462 e. The average molecular weight is 849 g/mol. The molecule has 1 atom stereocenters. The first-order valence-corrected chi connectivity index (χ1v) is 26.9. The zero-order valence-corrected chi connectivity index (χ0v) is 40.9. The summed E-state index contributed by atoms with van der Waals surface area (Å²) < 4.78 is 16.8. The van der Waals surface area contributed by atoms with Crippen molar-refractivity contribution in [2.45, 2.75) is 310 Å². The van der Waals surface area contributed by atoms with E-state index < -0.39 is 6.10 Å². The van der Waals surface area contributed by atoms with E-state index in [4.69, 9.17) is 14.2 Å². The molecule has 0 saturated carbocycles. The van der Waals surface area contributed by atoms with Crippen LogP contribution in [0.4, 0.5) is 0 Å². The lowest BCUT2D eigenvalue weighted by molar-refractivity contribution is -0.167. The lowest BCUT2D eigenvalue weighted by Crippen LogP contribution is -2.30. The highest BCUT2D eigenvalue weighted by Crippen LogP contribution is 2.17. The SMILES string of the molecule is CCCCCCCCCCCCCCCCCCCCCC(=O)OC[C@@H](COC(=O)CCCCCCCCCCC(C)C)OC(=O)CCCCCCCCCCCCCC. The normalized spacial score (nSPS) is 11.9. The van der Waals surface area contributed by atoms with Crippen LogP contribution in [0.15, 0.2) is 0 Å². The summed E-state index contributed by atoms with van der Waals surface area (Å²) in [4.78, 5) is 37.9. The molecule has 0 aliphatic carbocycles. The number of unbranched alkanes of at least 4 members (excludes halogenated alkanes) is 36. The lowest BCUT2D eigenvalue weighted by Gasteiger charge is -2.18. The van der Waals surface area contributed by atoms with Crippen molar-refractivity contribution in [3.8, 4) is 0 Å². The number of esters is 3. The second kappa shape index (κ2) is 48.4.